The van der Waals surface area contributed by atoms with Crippen LogP contribution < -0.4 is 9.47 Å². The van der Waals surface area contributed by atoms with E-state index in [2.05, 4.69) is 0 Å². The first-order valence-electron chi connectivity index (χ1n) is 6.36. The number of benzene rings is 2. The van der Waals surface area contributed by atoms with Gasteiger partial charge < -0.3 is 14.6 Å². The lowest BCUT2D eigenvalue weighted by atomic mass is 10.1. The van der Waals surface area contributed by atoms with Crippen molar-refractivity contribution in [1.82, 2.24) is 0 Å². The first kappa shape index (κ1) is 15.2. The zero-order valence-electron chi connectivity index (χ0n) is 11.5. The van der Waals surface area contributed by atoms with Gasteiger partial charge in [-0.3, -0.25) is 0 Å². The van der Waals surface area contributed by atoms with E-state index in [4.69, 9.17) is 21.1 Å². The lowest BCUT2D eigenvalue weighted by Crippen LogP contribution is -2.29. The molecule has 21 heavy (non-hydrogen) atoms. The van der Waals surface area contributed by atoms with Crippen LogP contribution >= 0.6 is 11.6 Å². The van der Waals surface area contributed by atoms with Crippen LogP contribution in [0.3, 0.4) is 0 Å². The number of carbonyl (C=O) groups is 1. The second-order valence-electron chi connectivity index (χ2n) is 4.45. The highest BCUT2D eigenvalue weighted by Gasteiger charge is 2.20. The van der Waals surface area contributed by atoms with E-state index in [1.54, 1.807) is 43.5 Å². The quantitative estimate of drug-likeness (QED) is 0.888. The Morgan fingerprint density at radius 3 is 2.19 bits per heavy atom. The maximum atomic E-state index is 11.3. The lowest BCUT2D eigenvalue weighted by Gasteiger charge is -2.15. The Hall–Kier alpha value is -2.20. The van der Waals surface area contributed by atoms with Crippen LogP contribution in [0.2, 0.25) is 5.02 Å². The molecule has 0 unspecified atom stereocenters. The van der Waals surface area contributed by atoms with E-state index in [1.807, 2.05) is 12.1 Å². The smallest absolute Gasteiger partial charge is 0.345 e. The highest BCUT2D eigenvalue weighted by Crippen LogP contribution is 2.19. The van der Waals surface area contributed by atoms with Crippen LogP contribution in [0, 0.1) is 0 Å². The summed E-state index contributed by atoms with van der Waals surface area (Å²) in [5.74, 6) is 0.185. The summed E-state index contributed by atoms with van der Waals surface area (Å²) in [6.45, 7) is 0. The number of hydrogen-bond donors (Lipinski definition) is 1. The minimum atomic E-state index is -1.01. The number of aliphatic carboxylic acids is 1. The van der Waals surface area contributed by atoms with Gasteiger partial charge in [-0.1, -0.05) is 23.7 Å². The van der Waals surface area contributed by atoms with Gasteiger partial charge in [0.05, 0.1) is 7.11 Å². The summed E-state index contributed by atoms with van der Waals surface area (Å²) in [6, 6.07) is 13.8. The molecule has 0 heterocycles. The summed E-state index contributed by atoms with van der Waals surface area (Å²) < 4.78 is 10.6. The monoisotopic (exact) mass is 306 g/mol. The van der Waals surface area contributed by atoms with Crippen molar-refractivity contribution in [3.05, 3.63) is 59.1 Å². The number of ether oxygens (including phenoxy) is 2. The number of halogens is 1. The Kier molecular flexibility index (Phi) is 5.06. The first-order chi connectivity index (χ1) is 10.1. The van der Waals surface area contributed by atoms with Gasteiger partial charge >= 0.3 is 5.97 Å². The summed E-state index contributed by atoms with van der Waals surface area (Å²) >= 11 is 5.79. The van der Waals surface area contributed by atoms with Gasteiger partial charge in [-0.15, -0.1) is 0 Å². The van der Waals surface area contributed by atoms with Crippen molar-refractivity contribution >= 4 is 17.6 Å². The third-order valence-corrected chi connectivity index (χ3v) is 3.20. The molecule has 0 saturated heterocycles. The molecule has 2 aromatic rings. The average Bonchev–Trinajstić information content (AvgIpc) is 2.49. The summed E-state index contributed by atoms with van der Waals surface area (Å²) in [6.07, 6.45) is -0.693. The van der Waals surface area contributed by atoms with Crippen LogP contribution in [0.4, 0.5) is 0 Å². The number of hydrogen-bond acceptors (Lipinski definition) is 3. The summed E-state index contributed by atoms with van der Waals surface area (Å²) in [7, 11) is 1.58. The van der Waals surface area contributed by atoms with Crippen molar-refractivity contribution in [1.29, 1.82) is 0 Å². The van der Waals surface area contributed by atoms with Gasteiger partial charge in [0, 0.05) is 11.4 Å². The molecule has 0 aliphatic rings. The van der Waals surface area contributed by atoms with Crippen molar-refractivity contribution in [2.24, 2.45) is 0 Å². The van der Waals surface area contributed by atoms with E-state index in [9.17, 15) is 9.90 Å². The largest absolute Gasteiger partial charge is 0.497 e. The third-order valence-electron chi connectivity index (χ3n) is 2.95. The van der Waals surface area contributed by atoms with Gasteiger partial charge in [0.15, 0.2) is 6.10 Å². The molecule has 0 radical (unpaired) electrons. The molecule has 0 amide bonds. The maximum Gasteiger partial charge on any atom is 0.345 e. The minimum Gasteiger partial charge on any atom is -0.497 e. The van der Waals surface area contributed by atoms with Crippen LogP contribution in [0.25, 0.3) is 0 Å². The fourth-order valence-corrected chi connectivity index (χ4v) is 1.96. The second kappa shape index (κ2) is 6.99. The zero-order valence-corrected chi connectivity index (χ0v) is 12.2. The predicted octanol–water partition coefficient (Wildman–Crippen LogP) is 3.42. The average molecular weight is 307 g/mol. The molecular weight excluding hydrogens is 292 g/mol. The predicted molar refractivity (Wildman–Crippen MR) is 80.2 cm³/mol. The Bertz CT molecular complexity index is 593. The van der Waals surface area contributed by atoms with E-state index in [-0.39, 0.29) is 6.42 Å². The fraction of sp³-hybridized carbons (Fsp3) is 0.188. The van der Waals surface area contributed by atoms with Gasteiger partial charge in [-0.25, -0.2) is 4.79 Å². The molecule has 1 N–H and O–H groups in total. The summed E-state index contributed by atoms with van der Waals surface area (Å²) in [5, 5.41) is 9.85. The van der Waals surface area contributed by atoms with Crippen molar-refractivity contribution in [2.75, 3.05) is 7.11 Å². The topological polar surface area (TPSA) is 55.8 Å². The van der Waals surface area contributed by atoms with E-state index >= 15 is 0 Å². The Morgan fingerprint density at radius 2 is 1.67 bits per heavy atom. The highest BCUT2D eigenvalue weighted by molar-refractivity contribution is 6.30. The fourth-order valence-electron chi connectivity index (χ4n) is 1.83. The van der Waals surface area contributed by atoms with Crippen molar-refractivity contribution in [3.8, 4) is 11.5 Å². The van der Waals surface area contributed by atoms with Gasteiger partial charge in [0.25, 0.3) is 0 Å². The van der Waals surface area contributed by atoms with Crippen LogP contribution in [-0.2, 0) is 11.2 Å². The molecule has 5 heteroatoms. The van der Waals surface area contributed by atoms with E-state index in [0.29, 0.717) is 10.8 Å². The Balaban J connectivity index is 2.07. The van der Waals surface area contributed by atoms with Crippen molar-refractivity contribution in [3.63, 3.8) is 0 Å². The van der Waals surface area contributed by atoms with E-state index in [0.717, 1.165) is 11.3 Å². The first-order valence-corrected chi connectivity index (χ1v) is 6.74. The van der Waals surface area contributed by atoms with Crippen molar-refractivity contribution in [2.45, 2.75) is 12.5 Å². The Morgan fingerprint density at radius 1 is 1.10 bits per heavy atom. The molecule has 2 rings (SSSR count). The van der Waals surface area contributed by atoms with Gasteiger partial charge in [-0.05, 0) is 42.0 Å². The maximum absolute atomic E-state index is 11.3. The molecule has 0 bridgehead atoms. The summed E-state index contributed by atoms with van der Waals surface area (Å²) in [5.41, 5.74) is 0.858. The zero-order chi connectivity index (χ0) is 15.2. The standard InChI is InChI=1S/C16H15ClO4/c1-20-13-6-2-11(3-7-13)10-15(16(18)19)21-14-8-4-12(17)5-9-14/h2-9,15H,10H2,1H3,(H,18,19)/t15-/m0/s1. The molecule has 0 fully saturated rings. The second-order valence-corrected chi connectivity index (χ2v) is 4.89. The molecule has 2 aromatic carbocycles. The van der Waals surface area contributed by atoms with E-state index in [1.165, 1.54) is 0 Å². The molecule has 1 atom stereocenters. The third kappa shape index (κ3) is 4.39. The van der Waals surface area contributed by atoms with Crippen LogP contribution in [0.1, 0.15) is 5.56 Å². The molecule has 0 aromatic heterocycles. The summed E-state index contributed by atoms with van der Waals surface area (Å²) in [4.78, 5) is 11.3. The number of methoxy groups -OCH3 is 1. The van der Waals surface area contributed by atoms with Gasteiger partial charge in [0.1, 0.15) is 11.5 Å². The SMILES string of the molecule is COc1ccc(C[C@H](Oc2ccc(Cl)cc2)C(=O)O)cc1. The molecule has 4 nitrogen and oxygen atoms in total. The number of rotatable bonds is 6. The van der Waals surface area contributed by atoms with Gasteiger partial charge in [-0.2, -0.15) is 0 Å². The molecule has 110 valence electrons. The normalized spacial score (nSPS) is 11.7. The molecule has 0 aliphatic carbocycles. The van der Waals surface area contributed by atoms with Crippen LogP contribution in [0.5, 0.6) is 11.5 Å². The van der Waals surface area contributed by atoms with Gasteiger partial charge in [0.2, 0.25) is 0 Å². The minimum absolute atomic E-state index is 0.266. The molecule has 0 spiro atoms. The van der Waals surface area contributed by atoms with Crippen LogP contribution in [0.15, 0.2) is 48.5 Å². The molecule has 0 saturated carbocycles. The number of carboxylic acid groups (broad SMARTS) is 1. The van der Waals surface area contributed by atoms with Crippen molar-refractivity contribution < 1.29 is 19.4 Å². The lowest BCUT2D eigenvalue weighted by molar-refractivity contribution is -0.145. The highest BCUT2D eigenvalue weighted by atomic mass is 35.5. The molecule has 0 aliphatic heterocycles. The Labute approximate surface area is 127 Å². The van der Waals surface area contributed by atoms with Crippen LogP contribution in [-0.4, -0.2) is 24.3 Å². The van der Waals surface area contributed by atoms with E-state index < -0.39 is 12.1 Å². The number of carboxylic acids is 1. The molecular formula is C16H15ClO4.